The van der Waals surface area contributed by atoms with E-state index in [1.807, 2.05) is 18.2 Å². The van der Waals surface area contributed by atoms with Crippen LogP contribution < -0.4 is 15.2 Å². The van der Waals surface area contributed by atoms with Crippen LogP contribution in [0.2, 0.25) is 0 Å². The highest BCUT2D eigenvalue weighted by molar-refractivity contribution is 5.44. The van der Waals surface area contributed by atoms with Gasteiger partial charge in [0, 0.05) is 5.56 Å². The van der Waals surface area contributed by atoms with E-state index in [2.05, 4.69) is 13.8 Å². The van der Waals surface area contributed by atoms with Crippen molar-refractivity contribution in [2.75, 3.05) is 33.0 Å². The second-order valence-corrected chi connectivity index (χ2v) is 5.01. The Kier molecular flexibility index (Phi) is 5.85. The summed E-state index contributed by atoms with van der Waals surface area (Å²) in [4.78, 5) is 0. The quantitative estimate of drug-likeness (QED) is 0.798. The number of rotatable bonds is 8. The standard InChI is InChI=1S/C16H25NO4/c1-3-7-18-14-6-5-13(11-15(14)19-8-4-2)16(12-17)20-9-10-21-16/h5-6,11H,3-4,7-10,12,17H2,1-2H3. The molecule has 0 bridgehead atoms. The topological polar surface area (TPSA) is 62.9 Å². The van der Waals surface area contributed by atoms with Crippen molar-refractivity contribution >= 4 is 0 Å². The maximum atomic E-state index is 5.85. The van der Waals surface area contributed by atoms with Gasteiger partial charge in [0.05, 0.1) is 33.0 Å². The van der Waals surface area contributed by atoms with Gasteiger partial charge < -0.3 is 24.7 Å². The molecule has 0 aliphatic carbocycles. The summed E-state index contributed by atoms with van der Waals surface area (Å²) in [5.41, 5.74) is 6.72. The Hall–Kier alpha value is -1.30. The summed E-state index contributed by atoms with van der Waals surface area (Å²) < 4.78 is 23.0. The third-order valence-corrected chi connectivity index (χ3v) is 3.33. The van der Waals surface area contributed by atoms with Crippen LogP contribution in [-0.2, 0) is 15.3 Å². The lowest BCUT2D eigenvalue weighted by Crippen LogP contribution is -2.36. The van der Waals surface area contributed by atoms with Crippen LogP contribution in [0.1, 0.15) is 32.3 Å². The number of benzene rings is 1. The fourth-order valence-electron chi connectivity index (χ4n) is 2.26. The molecule has 0 atom stereocenters. The monoisotopic (exact) mass is 295 g/mol. The summed E-state index contributed by atoms with van der Waals surface area (Å²) in [5, 5.41) is 0. The number of hydrogen-bond donors (Lipinski definition) is 1. The summed E-state index contributed by atoms with van der Waals surface area (Å²) in [5.74, 6) is 0.613. The first-order valence-electron chi connectivity index (χ1n) is 7.64. The molecule has 5 heteroatoms. The van der Waals surface area contributed by atoms with Gasteiger partial charge in [-0.1, -0.05) is 13.8 Å². The number of ether oxygens (including phenoxy) is 4. The Morgan fingerprint density at radius 1 is 1.05 bits per heavy atom. The molecule has 1 aromatic rings. The van der Waals surface area contributed by atoms with Gasteiger partial charge in [0.15, 0.2) is 11.5 Å². The molecule has 0 spiro atoms. The molecule has 0 amide bonds. The fourth-order valence-corrected chi connectivity index (χ4v) is 2.26. The summed E-state index contributed by atoms with van der Waals surface area (Å²) >= 11 is 0. The van der Waals surface area contributed by atoms with Gasteiger partial charge in [0.2, 0.25) is 5.79 Å². The van der Waals surface area contributed by atoms with E-state index in [0.717, 1.165) is 29.9 Å². The Bertz CT molecular complexity index is 444. The lowest BCUT2D eigenvalue weighted by Gasteiger charge is -2.27. The van der Waals surface area contributed by atoms with Crippen LogP contribution in [0, 0.1) is 0 Å². The zero-order valence-corrected chi connectivity index (χ0v) is 12.9. The van der Waals surface area contributed by atoms with E-state index in [1.54, 1.807) is 0 Å². The van der Waals surface area contributed by atoms with Crippen LogP contribution in [0.25, 0.3) is 0 Å². The molecule has 21 heavy (non-hydrogen) atoms. The van der Waals surface area contributed by atoms with E-state index in [0.29, 0.717) is 26.4 Å². The lowest BCUT2D eigenvalue weighted by molar-refractivity contribution is -0.157. The molecule has 118 valence electrons. The zero-order chi connectivity index (χ0) is 15.1. The predicted octanol–water partition coefficient (Wildman–Crippen LogP) is 2.42. The van der Waals surface area contributed by atoms with Crippen LogP contribution in [-0.4, -0.2) is 33.0 Å². The number of hydrogen-bond acceptors (Lipinski definition) is 5. The molecular formula is C16H25NO4. The lowest BCUT2D eigenvalue weighted by atomic mass is 10.1. The van der Waals surface area contributed by atoms with Gasteiger partial charge in [0.1, 0.15) is 0 Å². The summed E-state index contributed by atoms with van der Waals surface area (Å²) in [6.45, 7) is 6.83. The van der Waals surface area contributed by atoms with Crippen LogP contribution in [0.15, 0.2) is 18.2 Å². The van der Waals surface area contributed by atoms with Crippen molar-refractivity contribution < 1.29 is 18.9 Å². The van der Waals surface area contributed by atoms with Gasteiger partial charge in [-0.15, -0.1) is 0 Å². The van der Waals surface area contributed by atoms with Crippen molar-refractivity contribution in [2.45, 2.75) is 32.5 Å². The van der Waals surface area contributed by atoms with Crippen LogP contribution in [0.3, 0.4) is 0 Å². The van der Waals surface area contributed by atoms with Crippen molar-refractivity contribution in [3.05, 3.63) is 23.8 Å². The van der Waals surface area contributed by atoms with Gasteiger partial charge in [-0.2, -0.15) is 0 Å². The molecule has 2 N–H and O–H groups in total. The average Bonchev–Trinajstić information content (AvgIpc) is 3.01. The van der Waals surface area contributed by atoms with Gasteiger partial charge in [0.25, 0.3) is 0 Å². The molecule has 0 unspecified atom stereocenters. The highest BCUT2D eigenvalue weighted by Crippen LogP contribution is 2.36. The van der Waals surface area contributed by atoms with E-state index in [1.165, 1.54) is 0 Å². The first-order chi connectivity index (χ1) is 10.3. The Morgan fingerprint density at radius 2 is 1.67 bits per heavy atom. The van der Waals surface area contributed by atoms with Gasteiger partial charge >= 0.3 is 0 Å². The van der Waals surface area contributed by atoms with E-state index >= 15 is 0 Å². The van der Waals surface area contributed by atoms with E-state index < -0.39 is 5.79 Å². The third-order valence-electron chi connectivity index (χ3n) is 3.33. The highest BCUT2D eigenvalue weighted by Gasteiger charge is 2.37. The van der Waals surface area contributed by atoms with Crippen molar-refractivity contribution in [1.82, 2.24) is 0 Å². The fraction of sp³-hybridized carbons (Fsp3) is 0.625. The highest BCUT2D eigenvalue weighted by atomic mass is 16.7. The molecular weight excluding hydrogens is 270 g/mol. The van der Waals surface area contributed by atoms with E-state index in [4.69, 9.17) is 24.7 Å². The molecule has 0 radical (unpaired) electrons. The van der Waals surface area contributed by atoms with Crippen molar-refractivity contribution in [3.8, 4) is 11.5 Å². The van der Waals surface area contributed by atoms with Crippen LogP contribution in [0.4, 0.5) is 0 Å². The first-order valence-corrected chi connectivity index (χ1v) is 7.64. The molecule has 1 aliphatic rings. The third kappa shape index (κ3) is 3.67. The number of nitrogens with two attached hydrogens (primary N) is 1. The Balaban J connectivity index is 2.26. The summed E-state index contributed by atoms with van der Waals surface area (Å²) in [6, 6.07) is 5.75. The smallest absolute Gasteiger partial charge is 0.207 e. The van der Waals surface area contributed by atoms with Crippen LogP contribution in [0.5, 0.6) is 11.5 Å². The average molecular weight is 295 g/mol. The second kappa shape index (κ2) is 7.64. The van der Waals surface area contributed by atoms with Crippen molar-refractivity contribution in [1.29, 1.82) is 0 Å². The molecule has 1 aliphatic heterocycles. The first kappa shape index (κ1) is 16.1. The van der Waals surface area contributed by atoms with E-state index in [-0.39, 0.29) is 6.54 Å². The minimum absolute atomic E-state index is 0.273. The van der Waals surface area contributed by atoms with Crippen molar-refractivity contribution in [2.24, 2.45) is 5.73 Å². The van der Waals surface area contributed by atoms with Crippen molar-refractivity contribution in [3.63, 3.8) is 0 Å². The molecule has 0 saturated carbocycles. The summed E-state index contributed by atoms with van der Waals surface area (Å²) in [7, 11) is 0. The molecule has 0 aromatic heterocycles. The minimum Gasteiger partial charge on any atom is -0.490 e. The Labute approximate surface area is 126 Å². The molecule has 1 heterocycles. The largest absolute Gasteiger partial charge is 0.490 e. The normalized spacial score (nSPS) is 16.9. The minimum atomic E-state index is -0.854. The van der Waals surface area contributed by atoms with Crippen LogP contribution >= 0.6 is 0 Å². The predicted molar refractivity (Wildman–Crippen MR) is 80.7 cm³/mol. The Morgan fingerprint density at radius 3 is 2.24 bits per heavy atom. The SMILES string of the molecule is CCCOc1ccc(C2(CN)OCCO2)cc1OCCC. The van der Waals surface area contributed by atoms with E-state index in [9.17, 15) is 0 Å². The zero-order valence-electron chi connectivity index (χ0n) is 12.9. The van der Waals surface area contributed by atoms with Gasteiger partial charge in [-0.3, -0.25) is 0 Å². The molecule has 1 saturated heterocycles. The molecule has 1 fully saturated rings. The molecule has 5 nitrogen and oxygen atoms in total. The molecule has 1 aromatic carbocycles. The second-order valence-electron chi connectivity index (χ2n) is 5.01. The molecule has 2 rings (SSSR count). The maximum Gasteiger partial charge on any atom is 0.207 e. The van der Waals surface area contributed by atoms with Gasteiger partial charge in [-0.25, -0.2) is 0 Å². The maximum absolute atomic E-state index is 5.85. The van der Waals surface area contributed by atoms with Gasteiger partial charge in [-0.05, 0) is 31.0 Å². The summed E-state index contributed by atoms with van der Waals surface area (Å²) in [6.07, 6.45) is 1.89.